The number of carboxylic acid groups (broad SMARTS) is 1. The lowest BCUT2D eigenvalue weighted by Gasteiger charge is -2.18. The van der Waals surface area contributed by atoms with E-state index in [1.807, 2.05) is 6.92 Å². The fraction of sp³-hybridized carbons (Fsp3) is 0.298. The molecule has 0 aliphatic heterocycles. The van der Waals surface area contributed by atoms with Crippen LogP contribution in [0.2, 0.25) is 0 Å². The third-order valence-electron chi connectivity index (χ3n) is 12.8. The molecule has 0 saturated carbocycles. The fourth-order valence-corrected chi connectivity index (χ4v) is 8.70. The van der Waals surface area contributed by atoms with Crippen molar-refractivity contribution in [2.24, 2.45) is 0 Å². The zero-order valence-electron chi connectivity index (χ0n) is 43.5. The standard InChI is InChI=1S/C30H34F2N6O2.C27H27F2N5O3/c1-4-16-33-29(40)21-11-7-10-20(19-21)26-22-14-15-25(39)38(27-23(31)12-8-13-24(27)32)28(22)36-30(35-26)34-17-9-18-37(5-2)6-3;1-3-33(4-2)15-7-14-30-27-31-23(17-8-5-9-18(16-17)26(36)37)19-12-13-22(35)34(25(19)32-27)24-20(28)10-6-11-21(24)29/h7-8,10-15,19H,4-6,9,16-18H2,1-3H3,(H,33,40)(H,34,35,36);5-6,8-13,16H,3-4,7,14-15H2,1-2H3,(H,36,37)(H,30,31,32). The smallest absolute Gasteiger partial charge is 0.335 e. The van der Waals surface area contributed by atoms with Crippen molar-refractivity contribution in [2.45, 2.75) is 53.9 Å². The molecule has 0 unspecified atom stereocenters. The molecule has 0 aliphatic rings. The lowest BCUT2D eigenvalue weighted by molar-refractivity contribution is 0.0696. The minimum absolute atomic E-state index is 0.00605. The van der Waals surface area contributed by atoms with E-state index >= 15 is 0 Å². The van der Waals surface area contributed by atoms with Crippen molar-refractivity contribution in [1.29, 1.82) is 0 Å². The van der Waals surface area contributed by atoms with Crippen LogP contribution in [-0.4, -0.2) is 115 Å². The second kappa shape index (κ2) is 26.4. The Morgan fingerprint density at radius 1 is 0.532 bits per heavy atom. The predicted molar refractivity (Wildman–Crippen MR) is 292 cm³/mol. The van der Waals surface area contributed by atoms with Gasteiger partial charge in [0.05, 0.1) is 17.0 Å². The van der Waals surface area contributed by atoms with E-state index in [1.54, 1.807) is 36.4 Å². The Morgan fingerprint density at radius 2 is 0.935 bits per heavy atom. The molecular weight excluding hydrogens is 995 g/mol. The van der Waals surface area contributed by atoms with Crippen LogP contribution in [0.15, 0.2) is 119 Å². The Kier molecular flexibility index (Phi) is 19.3. The van der Waals surface area contributed by atoms with Gasteiger partial charge in [-0.25, -0.2) is 32.3 Å². The number of pyridine rings is 2. The monoisotopic (exact) mass is 1060 g/mol. The highest BCUT2D eigenvalue weighted by Gasteiger charge is 2.23. The lowest BCUT2D eigenvalue weighted by Crippen LogP contribution is -2.25. The molecule has 8 aromatic rings. The van der Waals surface area contributed by atoms with Gasteiger partial charge in [0.15, 0.2) is 11.3 Å². The van der Waals surface area contributed by atoms with Gasteiger partial charge in [-0.15, -0.1) is 0 Å². The second-order valence-corrected chi connectivity index (χ2v) is 17.8. The van der Waals surface area contributed by atoms with Crippen molar-refractivity contribution < 1.29 is 32.3 Å². The van der Waals surface area contributed by atoms with Gasteiger partial charge in [0.25, 0.3) is 17.0 Å². The van der Waals surface area contributed by atoms with Gasteiger partial charge >= 0.3 is 5.97 Å². The van der Waals surface area contributed by atoms with Crippen molar-refractivity contribution in [1.82, 2.24) is 44.2 Å². The van der Waals surface area contributed by atoms with Crippen molar-refractivity contribution >= 4 is 45.8 Å². The van der Waals surface area contributed by atoms with Gasteiger partial charge < -0.3 is 30.9 Å². The maximum atomic E-state index is 14.9. The molecular formula is C57H61F4N11O5. The van der Waals surface area contributed by atoms with Gasteiger partial charge in [0.1, 0.15) is 34.6 Å². The van der Waals surface area contributed by atoms with Crippen LogP contribution in [0.5, 0.6) is 0 Å². The van der Waals surface area contributed by atoms with Gasteiger partial charge in [-0.2, -0.15) is 9.97 Å². The summed E-state index contributed by atoms with van der Waals surface area (Å²) in [5, 5.41) is 19.4. The first-order valence-corrected chi connectivity index (χ1v) is 25.6. The summed E-state index contributed by atoms with van der Waals surface area (Å²) in [5.41, 5.74) is -0.0310. The Morgan fingerprint density at radius 3 is 1.34 bits per heavy atom. The van der Waals surface area contributed by atoms with Gasteiger partial charge in [-0.3, -0.25) is 23.5 Å². The number of nitrogens with one attached hydrogen (secondary N) is 3. The Hall–Kier alpha value is -8.36. The largest absolute Gasteiger partial charge is 0.478 e. The number of para-hydroxylation sites is 2. The normalized spacial score (nSPS) is 11.3. The number of benzene rings is 4. The lowest BCUT2D eigenvalue weighted by atomic mass is 10.0. The van der Waals surface area contributed by atoms with Gasteiger partial charge in [-0.1, -0.05) is 71.0 Å². The summed E-state index contributed by atoms with van der Waals surface area (Å²) in [5.74, 6) is -4.59. The number of rotatable bonds is 22. The number of carbonyl (C=O) groups is 2. The van der Waals surface area contributed by atoms with E-state index in [9.17, 15) is 41.8 Å². The maximum Gasteiger partial charge on any atom is 0.335 e. The average molecular weight is 1060 g/mol. The number of halogens is 4. The molecule has 16 nitrogen and oxygen atoms in total. The Balaban J connectivity index is 0.000000224. The molecule has 8 rings (SSSR count). The summed E-state index contributed by atoms with van der Waals surface area (Å²) in [6.45, 7) is 17.4. The predicted octanol–water partition coefficient (Wildman–Crippen LogP) is 9.58. The first-order chi connectivity index (χ1) is 37.2. The molecule has 0 aliphatic carbocycles. The quantitative estimate of drug-likeness (QED) is 0.0371. The van der Waals surface area contributed by atoms with Gasteiger partial charge in [0.2, 0.25) is 11.9 Å². The van der Waals surface area contributed by atoms with E-state index in [0.29, 0.717) is 58.5 Å². The summed E-state index contributed by atoms with van der Waals surface area (Å²) in [6.07, 6.45) is 2.40. The van der Waals surface area contributed by atoms with Crippen LogP contribution in [-0.2, 0) is 0 Å². The van der Waals surface area contributed by atoms with E-state index in [0.717, 1.165) is 91.9 Å². The third-order valence-corrected chi connectivity index (χ3v) is 12.8. The van der Waals surface area contributed by atoms with E-state index in [1.165, 1.54) is 48.5 Å². The van der Waals surface area contributed by atoms with Crippen LogP contribution in [0.4, 0.5) is 29.5 Å². The minimum atomic E-state index is -1.11. The van der Waals surface area contributed by atoms with E-state index in [2.05, 4.69) is 68.4 Å². The van der Waals surface area contributed by atoms with Gasteiger partial charge in [-0.05, 0) is 119 Å². The number of carbonyl (C=O) groups excluding carboxylic acids is 1. The highest BCUT2D eigenvalue weighted by molar-refractivity contribution is 5.98. The van der Waals surface area contributed by atoms with Crippen LogP contribution < -0.4 is 27.1 Å². The average Bonchev–Trinajstić information content (AvgIpc) is 3.44. The Bertz CT molecular complexity index is 3470. The highest BCUT2D eigenvalue weighted by Crippen LogP contribution is 2.32. The van der Waals surface area contributed by atoms with Crippen LogP contribution in [0.25, 0.3) is 56.0 Å². The van der Waals surface area contributed by atoms with Crippen LogP contribution in [0.3, 0.4) is 0 Å². The second-order valence-electron chi connectivity index (χ2n) is 17.8. The van der Waals surface area contributed by atoms with Crippen molar-refractivity contribution in [2.75, 3.05) is 69.5 Å². The topological polar surface area (TPSA) is 192 Å². The first kappa shape index (κ1) is 56.4. The molecule has 77 heavy (non-hydrogen) atoms. The number of aromatic carboxylic acids is 1. The van der Waals surface area contributed by atoms with Crippen LogP contribution >= 0.6 is 0 Å². The van der Waals surface area contributed by atoms with Crippen LogP contribution in [0.1, 0.15) is 74.6 Å². The molecule has 20 heteroatoms. The van der Waals surface area contributed by atoms with Crippen molar-refractivity contribution in [3.05, 3.63) is 164 Å². The molecule has 4 aromatic heterocycles. The van der Waals surface area contributed by atoms with E-state index in [4.69, 9.17) is 4.98 Å². The van der Waals surface area contributed by atoms with Crippen LogP contribution in [0, 0.1) is 23.3 Å². The molecule has 4 N–H and O–H groups in total. The molecule has 4 heterocycles. The molecule has 4 aromatic carbocycles. The zero-order valence-corrected chi connectivity index (χ0v) is 43.5. The minimum Gasteiger partial charge on any atom is -0.478 e. The number of anilines is 2. The van der Waals surface area contributed by atoms with E-state index in [-0.39, 0.29) is 34.7 Å². The number of aromatic nitrogens is 6. The summed E-state index contributed by atoms with van der Waals surface area (Å²) < 4.78 is 61.2. The summed E-state index contributed by atoms with van der Waals surface area (Å²) in [6, 6.07) is 25.3. The molecule has 1 amide bonds. The third kappa shape index (κ3) is 13.4. The molecule has 402 valence electrons. The molecule has 0 saturated heterocycles. The summed E-state index contributed by atoms with van der Waals surface area (Å²) in [4.78, 5) is 73.1. The molecule has 0 bridgehead atoms. The van der Waals surface area contributed by atoms with Crippen molar-refractivity contribution in [3.63, 3.8) is 0 Å². The van der Waals surface area contributed by atoms with Gasteiger partial charge in [0, 0.05) is 59.2 Å². The number of carboxylic acids is 1. The Labute approximate surface area is 442 Å². The first-order valence-electron chi connectivity index (χ1n) is 25.6. The zero-order chi connectivity index (χ0) is 55.2. The highest BCUT2D eigenvalue weighted by atomic mass is 19.1. The van der Waals surface area contributed by atoms with E-state index < -0.39 is 51.7 Å². The summed E-state index contributed by atoms with van der Waals surface area (Å²) in [7, 11) is 0. The number of amides is 1. The molecule has 0 fully saturated rings. The number of hydrogen-bond acceptors (Lipinski definition) is 12. The molecule has 0 atom stereocenters. The maximum absolute atomic E-state index is 14.9. The number of fused-ring (bicyclic) bond motifs is 2. The molecule has 0 spiro atoms. The SMILES string of the molecule is CCCNC(=O)c1cccc(-c2nc(NCCCN(CC)CC)nc3c2ccc(=O)n3-c2c(F)cccc2F)c1.CCN(CC)CCCNc1nc(-c2cccc(C(=O)O)c2)c2ccc(=O)n(-c3c(F)cccc3F)c2n1. The molecule has 0 radical (unpaired) electrons. The van der Waals surface area contributed by atoms with Crippen molar-refractivity contribution in [3.8, 4) is 33.9 Å². The number of nitrogens with zero attached hydrogens (tertiary/aromatic N) is 8. The summed E-state index contributed by atoms with van der Waals surface area (Å²) >= 11 is 0. The fourth-order valence-electron chi connectivity index (χ4n) is 8.70. The number of hydrogen-bond donors (Lipinski definition) is 4.